The molecule has 108 valence electrons. The zero-order valence-electron chi connectivity index (χ0n) is 11.1. The third kappa shape index (κ3) is 3.56. The molecule has 6 heteroatoms. The minimum absolute atomic E-state index is 0.0587. The number of nitrogens with one attached hydrogen (secondary N) is 1. The minimum Gasteiger partial charge on any atom is -0.392 e. The molecule has 4 nitrogen and oxygen atoms in total. The Morgan fingerprint density at radius 1 is 1.42 bits per heavy atom. The lowest BCUT2D eigenvalue weighted by atomic mass is 9.83. The first-order valence-electron chi connectivity index (χ1n) is 6.77. The Bertz CT molecular complexity index is 510. The van der Waals surface area contributed by atoms with Crippen molar-refractivity contribution in [2.75, 3.05) is 0 Å². The summed E-state index contributed by atoms with van der Waals surface area (Å²) in [5, 5.41) is 10.7. The molecule has 1 aliphatic rings. The van der Waals surface area contributed by atoms with Gasteiger partial charge in [0, 0.05) is 6.04 Å². The molecule has 1 fully saturated rings. The molecule has 0 aromatic carbocycles. The van der Waals surface area contributed by atoms with Crippen LogP contribution in [0.25, 0.3) is 0 Å². The molecule has 2 rings (SSSR count). The molecule has 0 radical (unpaired) electrons. The molecule has 0 aliphatic heterocycles. The summed E-state index contributed by atoms with van der Waals surface area (Å²) in [4.78, 5) is 0. The maximum absolute atomic E-state index is 12.3. The van der Waals surface area contributed by atoms with E-state index in [0.29, 0.717) is 15.7 Å². The van der Waals surface area contributed by atoms with E-state index in [-0.39, 0.29) is 12.6 Å². The highest BCUT2D eigenvalue weighted by atomic mass is 32.2. The van der Waals surface area contributed by atoms with E-state index in [1.807, 2.05) is 0 Å². The predicted molar refractivity (Wildman–Crippen MR) is 76.6 cm³/mol. The monoisotopic (exact) mass is 303 g/mol. The van der Waals surface area contributed by atoms with Crippen LogP contribution < -0.4 is 4.72 Å². The molecule has 1 saturated carbocycles. The van der Waals surface area contributed by atoms with E-state index in [0.717, 1.165) is 25.7 Å². The highest BCUT2D eigenvalue weighted by Crippen LogP contribution is 2.29. The van der Waals surface area contributed by atoms with Crippen molar-refractivity contribution in [1.29, 1.82) is 0 Å². The summed E-state index contributed by atoms with van der Waals surface area (Å²) in [6.07, 6.45) is 5.34. The molecule has 0 amide bonds. The summed E-state index contributed by atoms with van der Waals surface area (Å²) < 4.78 is 27.8. The van der Waals surface area contributed by atoms with Gasteiger partial charge in [-0.15, -0.1) is 11.3 Å². The smallest absolute Gasteiger partial charge is 0.250 e. The van der Waals surface area contributed by atoms with Gasteiger partial charge in [-0.25, -0.2) is 13.1 Å². The molecule has 2 N–H and O–H groups in total. The average Bonchev–Trinajstić information content (AvgIpc) is 2.88. The van der Waals surface area contributed by atoms with Crippen molar-refractivity contribution in [3.8, 4) is 0 Å². The Morgan fingerprint density at radius 3 is 2.79 bits per heavy atom. The molecule has 2 atom stereocenters. The molecule has 1 aromatic heterocycles. The van der Waals surface area contributed by atoms with Gasteiger partial charge in [0.2, 0.25) is 10.0 Å². The predicted octanol–water partition coefficient (Wildman–Crippen LogP) is 2.49. The van der Waals surface area contributed by atoms with Crippen LogP contribution in [0.15, 0.2) is 15.7 Å². The van der Waals surface area contributed by atoms with Crippen LogP contribution in [0.4, 0.5) is 0 Å². The SMILES string of the molecule is CCC1CCCCC1NS(=O)(=O)c1cc(CO)cs1. The topological polar surface area (TPSA) is 66.4 Å². The molecular weight excluding hydrogens is 282 g/mol. The maximum atomic E-state index is 12.3. The fraction of sp³-hybridized carbons (Fsp3) is 0.692. The van der Waals surface area contributed by atoms with E-state index in [1.54, 1.807) is 11.4 Å². The van der Waals surface area contributed by atoms with E-state index >= 15 is 0 Å². The first-order valence-corrected chi connectivity index (χ1v) is 9.13. The van der Waals surface area contributed by atoms with Crippen molar-refractivity contribution in [3.05, 3.63) is 17.0 Å². The number of sulfonamides is 1. The minimum atomic E-state index is -3.43. The summed E-state index contributed by atoms with van der Waals surface area (Å²) in [6, 6.07) is 1.61. The fourth-order valence-corrected chi connectivity index (χ4v) is 5.24. The van der Waals surface area contributed by atoms with Crippen LogP contribution in [0.5, 0.6) is 0 Å². The van der Waals surface area contributed by atoms with Gasteiger partial charge in [0.15, 0.2) is 0 Å². The summed E-state index contributed by atoms with van der Waals surface area (Å²) in [5.41, 5.74) is 0.654. The van der Waals surface area contributed by atoms with Crippen LogP contribution in [0.3, 0.4) is 0 Å². The Morgan fingerprint density at radius 2 is 2.16 bits per heavy atom. The molecule has 0 saturated heterocycles. The molecule has 1 heterocycles. The molecule has 0 bridgehead atoms. The van der Waals surface area contributed by atoms with Gasteiger partial charge in [0.1, 0.15) is 4.21 Å². The molecule has 0 spiro atoms. The second kappa shape index (κ2) is 6.35. The summed E-state index contributed by atoms with van der Waals surface area (Å²) in [5.74, 6) is 0.445. The molecular formula is C13H21NO3S2. The highest BCUT2D eigenvalue weighted by Gasteiger charge is 2.29. The van der Waals surface area contributed by atoms with Crippen molar-refractivity contribution < 1.29 is 13.5 Å². The van der Waals surface area contributed by atoms with Crippen molar-refractivity contribution in [2.45, 2.75) is 55.9 Å². The van der Waals surface area contributed by atoms with Gasteiger partial charge in [-0.05, 0) is 35.8 Å². The summed E-state index contributed by atoms with van der Waals surface area (Å²) in [6.45, 7) is 2.00. The highest BCUT2D eigenvalue weighted by molar-refractivity contribution is 7.91. The fourth-order valence-electron chi connectivity index (χ4n) is 2.69. The lowest BCUT2D eigenvalue weighted by Gasteiger charge is -2.31. The third-order valence-electron chi connectivity index (χ3n) is 3.82. The quantitative estimate of drug-likeness (QED) is 0.878. The van der Waals surface area contributed by atoms with Crippen molar-refractivity contribution in [2.24, 2.45) is 5.92 Å². The van der Waals surface area contributed by atoms with Crippen LogP contribution >= 0.6 is 11.3 Å². The Kier molecular flexibility index (Phi) is 5.00. The van der Waals surface area contributed by atoms with Gasteiger partial charge in [0.25, 0.3) is 0 Å². The van der Waals surface area contributed by atoms with Gasteiger partial charge in [-0.2, -0.15) is 0 Å². The van der Waals surface area contributed by atoms with E-state index < -0.39 is 10.0 Å². The van der Waals surface area contributed by atoms with Gasteiger partial charge >= 0.3 is 0 Å². The average molecular weight is 303 g/mol. The van der Waals surface area contributed by atoms with Crippen molar-refractivity contribution >= 4 is 21.4 Å². The van der Waals surface area contributed by atoms with Crippen molar-refractivity contribution in [1.82, 2.24) is 4.72 Å². The van der Waals surface area contributed by atoms with E-state index in [4.69, 9.17) is 5.11 Å². The van der Waals surface area contributed by atoms with E-state index in [1.165, 1.54) is 17.8 Å². The van der Waals surface area contributed by atoms with Crippen LogP contribution in [0.1, 0.15) is 44.6 Å². The number of hydrogen-bond donors (Lipinski definition) is 2. The first-order chi connectivity index (χ1) is 9.06. The largest absolute Gasteiger partial charge is 0.392 e. The van der Waals surface area contributed by atoms with E-state index in [2.05, 4.69) is 11.6 Å². The summed E-state index contributed by atoms with van der Waals surface area (Å²) >= 11 is 1.17. The van der Waals surface area contributed by atoms with Gasteiger partial charge in [0.05, 0.1) is 6.61 Å². The van der Waals surface area contributed by atoms with Crippen LogP contribution in [-0.2, 0) is 16.6 Å². The van der Waals surface area contributed by atoms with Crippen LogP contribution in [0, 0.1) is 5.92 Å². The van der Waals surface area contributed by atoms with Crippen molar-refractivity contribution in [3.63, 3.8) is 0 Å². The van der Waals surface area contributed by atoms with Gasteiger partial charge in [-0.1, -0.05) is 26.2 Å². The Balaban J connectivity index is 2.11. The number of aliphatic hydroxyl groups is 1. The molecule has 2 unspecified atom stereocenters. The third-order valence-corrected chi connectivity index (χ3v) is 6.80. The maximum Gasteiger partial charge on any atom is 0.250 e. The lowest BCUT2D eigenvalue weighted by molar-refractivity contribution is 0.281. The van der Waals surface area contributed by atoms with E-state index in [9.17, 15) is 8.42 Å². The normalized spacial score (nSPS) is 24.5. The zero-order chi connectivity index (χ0) is 13.9. The van der Waals surface area contributed by atoms with Crippen LogP contribution in [-0.4, -0.2) is 19.6 Å². The zero-order valence-corrected chi connectivity index (χ0v) is 12.8. The standard InChI is InChI=1S/C13H21NO3S2/c1-2-11-5-3-4-6-12(11)14-19(16,17)13-7-10(8-15)9-18-13/h7,9,11-12,14-15H,2-6,8H2,1H3. The Labute approximate surface area is 118 Å². The molecule has 1 aromatic rings. The molecule has 1 aliphatic carbocycles. The first kappa shape index (κ1) is 15.0. The van der Waals surface area contributed by atoms with Crippen LogP contribution in [0.2, 0.25) is 0 Å². The number of thiophene rings is 1. The number of hydrogen-bond acceptors (Lipinski definition) is 4. The second-order valence-corrected chi connectivity index (χ2v) is 7.96. The lowest BCUT2D eigenvalue weighted by Crippen LogP contribution is -2.41. The number of aliphatic hydroxyl groups excluding tert-OH is 1. The second-order valence-electron chi connectivity index (χ2n) is 5.11. The van der Waals surface area contributed by atoms with Gasteiger partial charge < -0.3 is 5.11 Å². The summed E-state index contributed by atoms with van der Waals surface area (Å²) in [7, 11) is -3.43. The van der Waals surface area contributed by atoms with Gasteiger partial charge in [-0.3, -0.25) is 0 Å². The number of rotatable bonds is 5. The Hall–Kier alpha value is -0.430. The molecule has 19 heavy (non-hydrogen) atoms.